The van der Waals surface area contributed by atoms with Crippen LogP contribution in [0, 0.1) is 21.4 Å². The van der Waals surface area contributed by atoms with Crippen LogP contribution in [0.15, 0.2) is 23.1 Å². The number of carbonyl (C=O) groups is 1. The molecular weight excluding hydrogens is 268 g/mol. The van der Waals surface area contributed by atoms with Crippen molar-refractivity contribution in [2.24, 2.45) is 0 Å². The average molecular weight is 280 g/mol. The Kier molecular flexibility index (Phi) is 5.33. The van der Waals surface area contributed by atoms with Crippen LogP contribution >= 0.6 is 11.8 Å². The van der Waals surface area contributed by atoms with Crippen LogP contribution in [-0.4, -0.2) is 23.3 Å². The first-order chi connectivity index (χ1) is 8.97. The molecule has 0 aliphatic carbocycles. The maximum atomic E-state index is 11.1. The van der Waals surface area contributed by atoms with E-state index < -0.39 is 4.92 Å². The number of hydrogen-bond acceptors (Lipinski definition) is 6. The van der Waals surface area contributed by atoms with Crippen molar-refractivity contribution in [2.75, 3.05) is 7.11 Å². The van der Waals surface area contributed by atoms with E-state index in [1.807, 2.05) is 6.07 Å². The Morgan fingerprint density at radius 3 is 2.84 bits per heavy atom. The Balaban J connectivity index is 2.92. The Bertz CT molecular complexity index is 539. The number of nitriles is 1. The van der Waals surface area contributed by atoms with Crippen LogP contribution in [0.25, 0.3) is 0 Å². The standard InChI is InChI=1S/C12H12N2O4S/c1-8(5-12(15)18-2)19-11-4-3-9(7-13)6-10(11)14(16)17/h3-4,6,8H,5H2,1-2H3. The zero-order chi connectivity index (χ0) is 14.4. The monoisotopic (exact) mass is 280 g/mol. The Morgan fingerprint density at radius 2 is 2.32 bits per heavy atom. The topological polar surface area (TPSA) is 93.2 Å². The molecule has 1 atom stereocenters. The summed E-state index contributed by atoms with van der Waals surface area (Å²) in [5, 5.41) is 19.5. The third kappa shape index (κ3) is 4.26. The molecule has 1 aromatic rings. The van der Waals surface area contributed by atoms with Gasteiger partial charge in [0.25, 0.3) is 5.69 Å². The highest BCUT2D eigenvalue weighted by molar-refractivity contribution is 8.00. The second-order valence-electron chi connectivity index (χ2n) is 3.76. The van der Waals surface area contributed by atoms with Crippen molar-refractivity contribution >= 4 is 23.4 Å². The van der Waals surface area contributed by atoms with Crippen LogP contribution in [0.1, 0.15) is 18.9 Å². The lowest BCUT2D eigenvalue weighted by atomic mass is 10.2. The van der Waals surface area contributed by atoms with Crippen molar-refractivity contribution in [1.29, 1.82) is 5.26 Å². The molecule has 1 unspecified atom stereocenters. The Labute approximate surface area is 114 Å². The van der Waals surface area contributed by atoms with E-state index in [0.717, 1.165) is 0 Å². The molecular formula is C12H12N2O4S. The molecule has 0 radical (unpaired) electrons. The molecule has 0 saturated carbocycles. The smallest absolute Gasteiger partial charge is 0.306 e. The number of benzene rings is 1. The van der Waals surface area contributed by atoms with Crippen molar-refractivity contribution in [2.45, 2.75) is 23.5 Å². The third-order valence-corrected chi connectivity index (χ3v) is 3.46. The fourth-order valence-electron chi connectivity index (χ4n) is 1.41. The summed E-state index contributed by atoms with van der Waals surface area (Å²) in [6, 6.07) is 6.12. The highest BCUT2D eigenvalue weighted by atomic mass is 32.2. The van der Waals surface area contributed by atoms with Crippen LogP contribution < -0.4 is 0 Å². The predicted molar refractivity (Wildman–Crippen MR) is 69.8 cm³/mol. The molecule has 0 heterocycles. The van der Waals surface area contributed by atoms with Crippen LogP contribution in [0.5, 0.6) is 0 Å². The van der Waals surface area contributed by atoms with Gasteiger partial charge in [0.1, 0.15) is 0 Å². The lowest BCUT2D eigenvalue weighted by molar-refractivity contribution is -0.387. The molecule has 0 bridgehead atoms. The predicted octanol–water partition coefficient (Wildman–Crippen LogP) is 2.51. The fraction of sp³-hybridized carbons (Fsp3) is 0.333. The van der Waals surface area contributed by atoms with Gasteiger partial charge in [-0.15, -0.1) is 11.8 Å². The molecule has 0 aliphatic heterocycles. The zero-order valence-electron chi connectivity index (χ0n) is 10.5. The summed E-state index contributed by atoms with van der Waals surface area (Å²) < 4.78 is 4.54. The highest BCUT2D eigenvalue weighted by Crippen LogP contribution is 2.33. The third-order valence-electron chi connectivity index (χ3n) is 2.29. The average Bonchev–Trinajstić information content (AvgIpc) is 2.38. The minimum Gasteiger partial charge on any atom is -0.469 e. The summed E-state index contributed by atoms with van der Waals surface area (Å²) in [5.74, 6) is -0.365. The molecule has 0 aliphatic rings. The highest BCUT2D eigenvalue weighted by Gasteiger charge is 2.19. The Morgan fingerprint density at radius 1 is 1.63 bits per heavy atom. The van der Waals surface area contributed by atoms with Crippen LogP contribution in [0.3, 0.4) is 0 Å². The molecule has 0 saturated heterocycles. The maximum absolute atomic E-state index is 11.1. The number of nitro groups is 1. The summed E-state index contributed by atoms with van der Waals surface area (Å²) in [7, 11) is 1.30. The van der Waals surface area contributed by atoms with E-state index in [-0.39, 0.29) is 28.9 Å². The quantitative estimate of drug-likeness (QED) is 0.356. The number of nitrogens with zero attached hydrogens (tertiary/aromatic N) is 2. The van der Waals surface area contributed by atoms with Crippen LogP contribution in [0.4, 0.5) is 5.69 Å². The first-order valence-electron chi connectivity index (χ1n) is 5.40. The van der Waals surface area contributed by atoms with Crippen molar-refractivity contribution in [3.8, 4) is 6.07 Å². The van der Waals surface area contributed by atoms with E-state index in [0.29, 0.717) is 4.90 Å². The summed E-state index contributed by atoms with van der Waals surface area (Å²) in [5.41, 5.74) is 0.109. The minimum atomic E-state index is -0.534. The molecule has 1 aromatic carbocycles. The summed E-state index contributed by atoms with van der Waals surface area (Å²) in [6.45, 7) is 1.78. The molecule has 0 N–H and O–H groups in total. The normalized spacial score (nSPS) is 11.4. The second kappa shape index (κ2) is 6.75. The number of nitro benzene ring substituents is 1. The molecule has 0 spiro atoms. The van der Waals surface area contributed by atoms with Gasteiger partial charge in [0.15, 0.2) is 0 Å². The second-order valence-corrected chi connectivity index (χ2v) is 5.24. The van der Waals surface area contributed by atoms with E-state index >= 15 is 0 Å². The molecule has 19 heavy (non-hydrogen) atoms. The van der Waals surface area contributed by atoms with Gasteiger partial charge in [0.2, 0.25) is 0 Å². The number of esters is 1. The van der Waals surface area contributed by atoms with Crippen LogP contribution in [-0.2, 0) is 9.53 Å². The van der Waals surface area contributed by atoms with E-state index in [1.165, 1.54) is 37.1 Å². The van der Waals surface area contributed by atoms with Gasteiger partial charge in [-0.05, 0) is 12.1 Å². The number of methoxy groups -OCH3 is 1. The number of rotatable bonds is 5. The largest absolute Gasteiger partial charge is 0.469 e. The number of thioether (sulfide) groups is 1. The molecule has 100 valence electrons. The minimum absolute atomic E-state index is 0.124. The van der Waals surface area contributed by atoms with Gasteiger partial charge in [0.05, 0.1) is 35.0 Å². The summed E-state index contributed by atoms with van der Waals surface area (Å²) in [6.07, 6.45) is 0.165. The first kappa shape index (κ1) is 15.0. The van der Waals surface area contributed by atoms with Crippen molar-refractivity contribution in [1.82, 2.24) is 0 Å². The number of ether oxygens (including phenoxy) is 1. The van der Waals surface area contributed by atoms with Crippen molar-refractivity contribution in [3.63, 3.8) is 0 Å². The molecule has 7 heteroatoms. The molecule has 0 aromatic heterocycles. The lowest BCUT2D eigenvalue weighted by Gasteiger charge is -2.10. The first-order valence-corrected chi connectivity index (χ1v) is 6.28. The van der Waals surface area contributed by atoms with Crippen LogP contribution in [0.2, 0.25) is 0 Å². The number of hydrogen-bond donors (Lipinski definition) is 0. The summed E-state index contributed by atoms with van der Waals surface area (Å²) >= 11 is 1.21. The van der Waals surface area contributed by atoms with Gasteiger partial charge in [-0.3, -0.25) is 14.9 Å². The zero-order valence-corrected chi connectivity index (χ0v) is 11.3. The van der Waals surface area contributed by atoms with Crippen molar-refractivity contribution < 1.29 is 14.5 Å². The summed E-state index contributed by atoms with van der Waals surface area (Å²) in [4.78, 5) is 22.0. The number of carbonyl (C=O) groups excluding carboxylic acids is 1. The maximum Gasteiger partial charge on any atom is 0.306 e. The van der Waals surface area contributed by atoms with E-state index in [9.17, 15) is 14.9 Å². The van der Waals surface area contributed by atoms with Crippen molar-refractivity contribution in [3.05, 3.63) is 33.9 Å². The molecule has 0 amide bonds. The van der Waals surface area contributed by atoms with E-state index in [4.69, 9.17) is 5.26 Å². The van der Waals surface area contributed by atoms with E-state index in [2.05, 4.69) is 4.74 Å². The van der Waals surface area contributed by atoms with Gasteiger partial charge in [-0.25, -0.2) is 0 Å². The fourth-order valence-corrected chi connectivity index (χ4v) is 2.46. The van der Waals surface area contributed by atoms with Gasteiger partial charge in [-0.1, -0.05) is 6.92 Å². The van der Waals surface area contributed by atoms with E-state index in [1.54, 1.807) is 6.92 Å². The molecule has 6 nitrogen and oxygen atoms in total. The van der Waals surface area contributed by atoms with Gasteiger partial charge in [-0.2, -0.15) is 5.26 Å². The van der Waals surface area contributed by atoms with Gasteiger partial charge in [0, 0.05) is 11.3 Å². The van der Waals surface area contributed by atoms with Gasteiger partial charge < -0.3 is 4.74 Å². The molecule has 0 fully saturated rings. The SMILES string of the molecule is COC(=O)CC(C)Sc1ccc(C#N)cc1[N+](=O)[O-]. The van der Waals surface area contributed by atoms with Gasteiger partial charge >= 0.3 is 5.97 Å². The molecule has 1 rings (SSSR count). The lowest BCUT2D eigenvalue weighted by Crippen LogP contribution is -2.08. The Hall–Kier alpha value is -2.07.